The monoisotopic (exact) mass is 350 g/mol. The van der Waals surface area contributed by atoms with Crippen molar-refractivity contribution >= 4 is 23.2 Å². The molecule has 2 aromatic carbocycles. The molecular weight excluding hydrogens is 332 g/mol. The summed E-state index contributed by atoms with van der Waals surface area (Å²) in [6.45, 7) is 0. The third kappa shape index (κ3) is 2.34. The van der Waals surface area contributed by atoms with Crippen molar-refractivity contribution in [2.24, 2.45) is 0 Å². The molecule has 0 bridgehead atoms. The average Bonchev–Trinajstić information content (AvgIpc) is 3.15. The molecule has 3 aliphatic heterocycles. The van der Waals surface area contributed by atoms with Gasteiger partial charge in [0, 0.05) is 11.4 Å². The summed E-state index contributed by atoms with van der Waals surface area (Å²) in [6.07, 6.45) is -1.26. The summed E-state index contributed by atoms with van der Waals surface area (Å²) in [6, 6.07) is 18.9. The minimum atomic E-state index is -0.491. The lowest BCUT2D eigenvalue weighted by atomic mass is 10.2. The molecule has 6 nitrogen and oxygen atoms in total. The van der Waals surface area contributed by atoms with E-state index < -0.39 is 12.5 Å². The molecule has 132 valence electrons. The maximum Gasteiger partial charge on any atom is 0.231 e. The Morgan fingerprint density at radius 3 is 1.42 bits per heavy atom. The van der Waals surface area contributed by atoms with Gasteiger partial charge in [0.1, 0.15) is 12.2 Å². The zero-order valence-electron chi connectivity index (χ0n) is 14.0. The molecule has 0 aliphatic carbocycles. The Morgan fingerprint density at radius 2 is 1.04 bits per heavy atom. The maximum absolute atomic E-state index is 12.6. The van der Waals surface area contributed by atoms with E-state index in [-0.39, 0.29) is 36.9 Å². The molecule has 0 aromatic heterocycles. The van der Waals surface area contributed by atoms with E-state index >= 15 is 0 Å². The van der Waals surface area contributed by atoms with Crippen molar-refractivity contribution in [3.8, 4) is 0 Å². The van der Waals surface area contributed by atoms with E-state index in [0.29, 0.717) is 0 Å². The molecule has 26 heavy (non-hydrogen) atoms. The third-order valence-electron chi connectivity index (χ3n) is 5.13. The lowest BCUT2D eigenvalue weighted by Gasteiger charge is -2.40. The first-order valence-corrected chi connectivity index (χ1v) is 8.77. The van der Waals surface area contributed by atoms with Crippen LogP contribution in [0.2, 0.25) is 0 Å². The van der Waals surface area contributed by atoms with Crippen LogP contribution in [0.15, 0.2) is 60.7 Å². The second kappa shape index (κ2) is 5.93. The molecule has 5 rings (SSSR count). The van der Waals surface area contributed by atoms with Crippen molar-refractivity contribution in [3.05, 3.63) is 60.7 Å². The highest BCUT2D eigenvalue weighted by molar-refractivity contribution is 5.98. The highest BCUT2D eigenvalue weighted by Gasteiger charge is 2.54. The van der Waals surface area contributed by atoms with Gasteiger partial charge in [-0.25, -0.2) is 0 Å². The van der Waals surface area contributed by atoms with E-state index in [1.54, 1.807) is 9.80 Å². The second-order valence-corrected chi connectivity index (χ2v) is 6.74. The van der Waals surface area contributed by atoms with Crippen LogP contribution in [0.3, 0.4) is 0 Å². The number of hydrogen-bond donors (Lipinski definition) is 0. The number of fused-ring (bicyclic) bond motifs is 2. The Morgan fingerprint density at radius 1 is 0.654 bits per heavy atom. The largest absolute Gasteiger partial charge is 0.347 e. The molecule has 3 saturated heterocycles. The fraction of sp³-hybridized carbons (Fsp3) is 0.300. The highest BCUT2D eigenvalue weighted by atomic mass is 16.6. The number of nitrogens with zero attached hydrogens (tertiary/aromatic N) is 2. The first-order chi connectivity index (χ1) is 12.7. The Kier molecular flexibility index (Phi) is 3.55. The van der Waals surface area contributed by atoms with Gasteiger partial charge in [0.2, 0.25) is 11.8 Å². The molecule has 3 fully saturated rings. The Balaban J connectivity index is 1.44. The molecule has 2 amide bonds. The van der Waals surface area contributed by atoms with Gasteiger partial charge in [-0.2, -0.15) is 0 Å². The van der Waals surface area contributed by atoms with E-state index in [4.69, 9.17) is 9.47 Å². The predicted molar refractivity (Wildman–Crippen MR) is 94.4 cm³/mol. The van der Waals surface area contributed by atoms with Crippen LogP contribution in [0, 0.1) is 0 Å². The average molecular weight is 350 g/mol. The molecule has 0 spiro atoms. The van der Waals surface area contributed by atoms with Crippen LogP contribution >= 0.6 is 0 Å². The second-order valence-electron chi connectivity index (χ2n) is 6.74. The molecule has 3 heterocycles. The number of carbonyl (C=O) groups excluding carboxylic acids is 2. The van der Waals surface area contributed by atoms with Crippen LogP contribution in [0.1, 0.15) is 12.8 Å². The topological polar surface area (TPSA) is 59.1 Å². The van der Waals surface area contributed by atoms with Crippen molar-refractivity contribution < 1.29 is 19.1 Å². The summed E-state index contributed by atoms with van der Waals surface area (Å²) in [7, 11) is 0. The number of carbonyl (C=O) groups is 2. The van der Waals surface area contributed by atoms with Gasteiger partial charge in [-0.3, -0.25) is 19.4 Å². The van der Waals surface area contributed by atoms with Crippen molar-refractivity contribution in [1.29, 1.82) is 0 Å². The fourth-order valence-corrected chi connectivity index (χ4v) is 4.00. The van der Waals surface area contributed by atoms with Gasteiger partial charge in [-0.15, -0.1) is 0 Å². The smallest absolute Gasteiger partial charge is 0.231 e. The van der Waals surface area contributed by atoms with Crippen molar-refractivity contribution in [2.75, 3.05) is 9.80 Å². The van der Waals surface area contributed by atoms with Crippen LogP contribution in [-0.4, -0.2) is 36.5 Å². The molecular formula is C20H18N2O4. The molecule has 3 aliphatic rings. The van der Waals surface area contributed by atoms with E-state index in [0.717, 1.165) is 11.4 Å². The summed E-state index contributed by atoms with van der Waals surface area (Å²) >= 11 is 0. The zero-order chi connectivity index (χ0) is 17.7. The van der Waals surface area contributed by atoms with Gasteiger partial charge in [-0.1, -0.05) is 36.4 Å². The van der Waals surface area contributed by atoms with Crippen molar-refractivity contribution in [2.45, 2.75) is 37.5 Å². The minimum absolute atomic E-state index is 0.0243. The van der Waals surface area contributed by atoms with Gasteiger partial charge >= 0.3 is 0 Å². The zero-order valence-corrected chi connectivity index (χ0v) is 14.0. The summed E-state index contributed by atoms with van der Waals surface area (Å²) in [5.74, 6) is -0.0486. The highest BCUT2D eigenvalue weighted by Crippen LogP contribution is 2.40. The van der Waals surface area contributed by atoms with Gasteiger partial charge in [-0.05, 0) is 24.3 Å². The van der Waals surface area contributed by atoms with Gasteiger partial charge < -0.3 is 9.47 Å². The molecule has 6 heteroatoms. The van der Waals surface area contributed by atoms with E-state index in [1.165, 1.54) is 0 Å². The molecule has 2 aromatic rings. The fourth-order valence-electron chi connectivity index (χ4n) is 4.00. The van der Waals surface area contributed by atoms with Gasteiger partial charge in [0.15, 0.2) is 12.5 Å². The van der Waals surface area contributed by atoms with E-state index in [2.05, 4.69) is 0 Å². The normalized spacial score (nSPS) is 30.5. The Hall–Kier alpha value is -2.70. The summed E-state index contributed by atoms with van der Waals surface area (Å²) < 4.78 is 12.4. The molecule has 0 radical (unpaired) electrons. The number of para-hydroxylation sites is 2. The van der Waals surface area contributed by atoms with E-state index in [1.807, 2.05) is 60.7 Å². The lowest BCUT2D eigenvalue weighted by molar-refractivity contribution is -0.195. The molecule has 0 unspecified atom stereocenters. The third-order valence-corrected chi connectivity index (χ3v) is 5.13. The van der Waals surface area contributed by atoms with Crippen molar-refractivity contribution in [1.82, 2.24) is 0 Å². The number of amides is 2. The Bertz CT molecular complexity index is 770. The van der Waals surface area contributed by atoms with E-state index in [9.17, 15) is 9.59 Å². The number of rotatable bonds is 2. The Labute approximate surface area is 150 Å². The first-order valence-electron chi connectivity index (χ1n) is 8.77. The minimum Gasteiger partial charge on any atom is -0.347 e. The molecule has 4 atom stereocenters. The number of benzene rings is 2. The summed E-state index contributed by atoms with van der Waals surface area (Å²) in [5, 5.41) is 0. The van der Waals surface area contributed by atoms with Crippen LogP contribution < -0.4 is 9.80 Å². The molecule has 0 N–H and O–H groups in total. The lowest BCUT2D eigenvalue weighted by Crippen LogP contribution is -2.54. The predicted octanol–water partition coefficient (Wildman–Crippen LogP) is 2.30. The summed E-state index contributed by atoms with van der Waals surface area (Å²) in [4.78, 5) is 28.4. The van der Waals surface area contributed by atoms with Crippen LogP contribution in [0.25, 0.3) is 0 Å². The van der Waals surface area contributed by atoms with Crippen LogP contribution in [0.5, 0.6) is 0 Å². The van der Waals surface area contributed by atoms with Crippen molar-refractivity contribution in [3.63, 3.8) is 0 Å². The van der Waals surface area contributed by atoms with Gasteiger partial charge in [0.05, 0.1) is 12.8 Å². The van der Waals surface area contributed by atoms with Gasteiger partial charge in [0.25, 0.3) is 0 Å². The molecule has 0 saturated carbocycles. The quantitative estimate of drug-likeness (QED) is 0.834. The summed E-state index contributed by atoms with van der Waals surface area (Å²) in [5.41, 5.74) is 1.58. The maximum atomic E-state index is 12.6. The number of ether oxygens (including phenoxy) is 2. The SMILES string of the molecule is O=C1C[C@@H]2O[C@H]3[C@H](CC(=O)N3c3ccccc3)O[C@@H]2N1c1ccccc1. The first kappa shape index (κ1) is 15.5. The number of anilines is 2. The number of hydrogen-bond acceptors (Lipinski definition) is 4. The van der Waals surface area contributed by atoms with Crippen LogP contribution in [0.4, 0.5) is 11.4 Å². The standard InChI is InChI=1S/C20H18N2O4/c23-17-11-15-19(21(17)13-7-3-1-4-8-13)25-16-12-18(24)22(20(16)26-15)14-9-5-2-6-10-14/h1-10,15-16,19-20H,11-12H2/t15-,16-,19-,20-/m0/s1. The van der Waals surface area contributed by atoms with Crippen LogP contribution in [-0.2, 0) is 19.1 Å².